The number of ether oxygens (including phenoxy) is 2. The van der Waals surface area contributed by atoms with E-state index in [4.69, 9.17) is 37.1 Å². The smallest absolute Gasteiger partial charge is 0.349 e. The van der Waals surface area contributed by atoms with Crippen LogP contribution in [-0.4, -0.2) is 22.2 Å². The van der Waals surface area contributed by atoms with Gasteiger partial charge in [0, 0.05) is 15.6 Å². The molecule has 0 radical (unpaired) electrons. The molecule has 0 aliphatic carbocycles. The molecule has 0 amide bonds. The molecule has 0 fully saturated rings. The Bertz CT molecular complexity index is 1000. The van der Waals surface area contributed by atoms with Gasteiger partial charge in [-0.15, -0.1) is 0 Å². The van der Waals surface area contributed by atoms with Gasteiger partial charge < -0.3 is 19.0 Å². The maximum absolute atomic E-state index is 11.8. The largest absolute Gasteiger partial charge is 0.478 e. The third-order valence-electron chi connectivity index (χ3n) is 3.91. The van der Waals surface area contributed by atoms with Crippen molar-refractivity contribution < 1.29 is 23.8 Å². The Balaban J connectivity index is 1.93. The summed E-state index contributed by atoms with van der Waals surface area (Å²) in [5.41, 5.74) is 1.44. The van der Waals surface area contributed by atoms with Gasteiger partial charge in [0.2, 0.25) is 12.0 Å². The lowest BCUT2D eigenvalue weighted by atomic mass is 10.1. The first-order chi connectivity index (χ1) is 13.8. The Labute approximate surface area is 178 Å². The molecule has 8 heteroatoms. The van der Waals surface area contributed by atoms with Crippen LogP contribution >= 0.6 is 23.2 Å². The van der Waals surface area contributed by atoms with Crippen molar-refractivity contribution in [3.8, 4) is 17.2 Å². The molecule has 0 aliphatic rings. The Morgan fingerprint density at radius 1 is 1.17 bits per heavy atom. The second-order valence-electron chi connectivity index (χ2n) is 6.54. The molecular weight excluding hydrogens is 417 g/mol. The average Bonchev–Trinajstić information content (AvgIpc) is 3.14. The first-order valence-electron chi connectivity index (χ1n) is 8.84. The second kappa shape index (κ2) is 9.31. The Morgan fingerprint density at radius 2 is 1.93 bits per heavy atom. The van der Waals surface area contributed by atoms with Gasteiger partial charge in [-0.1, -0.05) is 35.3 Å². The highest BCUT2D eigenvalue weighted by Gasteiger charge is 2.25. The number of oxazole rings is 1. The maximum Gasteiger partial charge on any atom is 0.349 e. The molecule has 3 aromatic rings. The number of carboxylic acids is 1. The van der Waals surface area contributed by atoms with E-state index in [1.165, 1.54) is 6.26 Å². The second-order valence-corrected chi connectivity index (χ2v) is 7.41. The summed E-state index contributed by atoms with van der Waals surface area (Å²) in [7, 11) is 0. The van der Waals surface area contributed by atoms with Crippen LogP contribution in [0, 0.1) is 0 Å². The minimum atomic E-state index is -1.27. The van der Waals surface area contributed by atoms with Crippen molar-refractivity contribution in [3.05, 3.63) is 70.0 Å². The topological polar surface area (TPSA) is 81.8 Å². The zero-order valence-electron chi connectivity index (χ0n) is 15.8. The van der Waals surface area contributed by atoms with Gasteiger partial charge >= 0.3 is 5.97 Å². The lowest BCUT2D eigenvalue weighted by Crippen LogP contribution is -2.18. The van der Waals surface area contributed by atoms with Crippen LogP contribution < -0.4 is 4.74 Å². The maximum atomic E-state index is 11.8. The van der Waals surface area contributed by atoms with Crippen molar-refractivity contribution in [2.45, 2.75) is 32.7 Å². The molecule has 0 saturated carbocycles. The van der Waals surface area contributed by atoms with Crippen molar-refractivity contribution in [1.82, 2.24) is 4.98 Å². The quantitative estimate of drug-likeness (QED) is 0.482. The van der Waals surface area contributed by atoms with Gasteiger partial charge in [-0.05, 0) is 44.2 Å². The molecule has 1 atom stereocenters. The summed E-state index contributed by atoms with van der Waals surface area (Å²) in [6.07, 6.45) is 0.259. The molecule has 0 bridgehead atoms. The van der Waals surface area contributed by atoms with E-state index in [1.54, 1.807) is 42.5 Å². The molecule has 6 nitrogen and oxygen atoms in total. The van der Waals surface area contributed by atoms with E-state index in [9.17, 15) is 9.90 Å². The van der Waals surface area contributed by atoms with E-state index in [1.807, 2.05) is 13.8 Å². The van der Waals surface area contributed by atoms with Crippen molar-refractivity contribution in [2.75, 3.05) is 0 Å². The summed E-state index contributed by atoms with van der Waals surface area (Å²) < 4.78 is 16.9. The van der Waals surface area contributed by atoms with E-state index >= 15 is 0 Å². The van der Waals surface area contributed by atoms with Gasteiger partial charge in [0.15, 0.2) is 0 Å². The zero-order chi connectivity index (χ0) is 21.0. The summed E-state index contributed by atoms with van der Waals surface area (Å²) in [5, 5.41) is 10.5. The van der Waals surface area contributed by atoms with Crippen molar-refractivity contribution in [3.63, 3.8) is 0 Å². The van der Waals surface area contributed by atoms with E-state index in [0.29, 0.717) is 26.9 Å². The van der Waals surface area contributed by atoms with Gasteiger partial charge in [0.25, 0.3) is 0 Å². The van der Waals surface area contributed by atoms with Gasteiger partial charge in [0.05, 0.1) is 18.3 Å². The summed E-state index contributed by atoms with van der Waals surface area (Å²) in [4.78, 5) is 16.2. The van der Waals surface area contributed by atoms with Crippen LogP contribution in [0.3, 0.4) is 0 Å². The van der Waals surface area contributed by atoms with E-state index in [2.05, 4.69) is 4.98 Å². The molecule has 3 rings (SSSR count). The summed E-state index contributed by atoms with van der Waals surface area (Å²) >= 11 is 12.1. The lowest BCUT2D eigenvalue weighted by Gasteiger charge is -2.17. The number of nitrogens with zero attached hydrogens (tertiary/aromatic N) is 1. The highest BCUT2D eigenvalue weighted by molar-refractivity contribution is 6.31. The first-order valence-corrected chi connectivity index (χ1v) is 9.60. The van der Waals surface area contributed by atoms with Crippen LogP contribution in [0.25, 0.3) is 11.5 Å². The molecule has 1 heterocycles. The average molecular weight is 436 g/mol. The fourth-order valence-corrected chi connectivity index (χ4v) is 2.95. The highest BCUT2D eigenvalue weighted by atomic mass is 35.5. The van der Waals surface area contributed by atoms with Crippen LogP contribution in [0.1, 0.15) is 31.2 Å². The first kappa shape index (κ1) is 21.2. The van der Waals surface area contributed by atoms with Gasteiger partial charge in [0.1, 0.15) is 17.7 Å². The predicted molar refractivity (Wildman–Crippen MR) is 109 cm³/mol. The number of carbonyl (C=O) groups is 1. The number of benzene rings is 2. The number of rotatable bonds is 8. The van der Waals surface area contributed by atoms with Crippen LogP contribution in [0.5, 0.6) is 5.75 Å². The van der Waals surface area contributed by atoms with E-state index < -0.39 is 12.1 Å². The molecule has 0 saturated heterocycles. The van der Waals surface area contributed by atoms with Gasteiger partial charge in [-0.3, -0.25) is 0 Å². The van der Waals surface area contributed by atoms with E-state index in [-0.39, 0.29) is 24.4 Å². The fourth-order valence-electron chi connectivity index (χ4n) is 2.58. The van der Waals surface area contributed by atoms with Gasteiger partial charge in [-0.2, -0.15) is 0 Å². The van der Waals surface area contributed by atoms with Crippen LogP contribution in [-0.2, 0) is 16.1 Å². The standard InChI is InChI=1S/C21H19Cl2NO5/c1-12(2)27-10-16-11-28-20(24-16)17-9-15(23)6-7-18(17)29-19(21(25)26)13-4-3-5-14(22)8-13/h3-9,11-12,19H,10H2,1-2H3,(H,25,26). The number of halogens is 2. The Kier molecular flexibility index (Phi) is 6.79. The number of hydrogen-bond donors (Lipinski definition) is 1. The molecule has 1 N–H and O–H groups in total. The summed E-state index contributed by atoms with van der Waals surface area (Å²) in [6, 6.07) is 11.3. The number of hydrogen-bond acceptors (Lipinski definition) is 5. The number of aliphatic carboxylic acids is 1. The van der Waals surface area contributed by atoms with Crippen molar-refractivity contribution in [2.24, 2.45) is 0 Å². The fraction of sp³-hybridized carbons (Fsp3) is 0.238. The molecule has 1 unspecified atom stereocenters. The normalized spacial score (nSPS) is 12.2. The number of aromatic nitrogens is 1. The minimum absolute atomic E-state index is 0.0502. The van der Waals surface area contributed by atoms with Crippen LogP contribution in [0.2, 0.25) is 10.0 Å². The molecule has 0 aliphatic heterocycles. The van der Waals surface area contributed by atoms with Gasteiger partial charge in [-0.25, -0.2) is 9.78 Å². The monoisotopic (exact) mass is 435 g/mol. The molecule has 152 valence electrons. The Morgan fingerprint density at radius 3 is 2.62 bits per heavy atom. The van der Waals surface area contributed by atoms with Crippen LogP contribution in [0.15, 0.2) is 53.1 Å². The third kappa shape index (κ3) is 5.50. The van der Waals surface area contributed by atoms with Crippen molar-refractivity contribution >= 4 is 29.2 Å². The minimum Gasteiger partial charge on any atom is -0.478 e. The predicted octanol–water partition coefficient (Wildman–Crippen LogP) is 5.78. The molecule has 0 spiro atoms. The molecular formula is C21H19Cl2NO5. The SMILES string of the molecule is CC(C)OCc1coc(-c2cc(Cl)ccc2OC(C(=O)O)c2cccc(Cl)c2)n1. The summed E-state index contributed by atoms with van der Waals surface area (Å²) in [6.45, 7) is 4.13. The Hall–Kier alpha value is -2.54. The molecule has 1 aromatic heterocycles. The zero-order valence-corrected chi connectivity index (χ0v) is 17.3. The number of carboxylic acid groups (broad SMARTS) is 1. The van der Waals surface area contributed by atoms with Crippen LogP contribution in [0.4, 0.5) is 0 Å². The molecule has 29 heavy (non-hydrogen) atoms. The van der Waals surface area contributed by atoms with E-state index in [0.717, 1.165) is 0 Å². The lowest BCUT2D eigenvalue weighted by molar-refractivity contribution is -0.145. The third-order valence-corrected chi connectivity index (χ3v) is 4.38. The summed E-state index contributed by atoms with van der Waals surface area (Å²) in [5.74, 6) is -0.647. The molecule has 2 aromatic carbocycles. The van der Waals surface area contributed by atoms with Crippen molar-refractivity contribution in [1.29, 1.82) is 0 Å². The highest BCUT2D eigenvalue weighted by Crippen LogP contribution is 2.35.